The molecule has 6 nitrogen and oxygen atoms in total. The quantitative estimate of drug-likeness (QED) is 0.705. The molecule has 118 valence electrons. The maximum Gasteiger partial charge on any atom is 0.257 e. The van der Waals surface area contributed by atoms with Gasteiger partial charge in [0.05, 0.1) is 14.4 Å². The van der Waals surface area contributed by atoms with Crippen molar-refractivity contribution in [1.29, 1.82) is 0 Å². The molecule has 0 aliphatic carbocycles. The minimum absolute atomic E-state index is 0.121. The second kappa shape index (κ2) is 6.93. The summed E-state index contributed by atoms with van der Waals surface area (Å²) >= 11 is 4.90. The average molecular weight is 394 g/mol. The topological polar surface area (TPSA) is 77.2 Å². The van der Waals surface area contributed by atoms with Gasteiger partial charge in [0.15, 0.2) is 6.61 Å². The number of thiophene rings is 1. The molecule has 3 rings (SSSR count). The van der Waals surface area contributed by atoms with E-state index in [1.165, 1.54) is 18.3 Å². The van der Waals surface area contributed by atoms with E-state index in [1.54, 1.807) is 12.1 Å². The van der Waals surface area contributed by atoms with Crippen molar-refractivity contribution in [1.82, 2.24) is 10.2 Å². The third kappa shape index (κ3) is 3.96. The third-order valence-corrected chi connectivity index (χ3v) is 4.41. The van der Waals surface area contributed by atoms with E-state index in [-0.39, 0.29) is 12.5 Å². The lowest BCUT2D eigenvalue weighted by Crippen LogP contribution is -2.07. The monoisotopic (exact) mass is 393 g/mol. The number of benzene rings is 1. The van der Waals surface area contributed by atoms with Crippen molar-refractivity contribution in [2.45, 2.75) is 13.5 Å². The Morgan fingerprint density at radius 2 is 2.13 bits per heavy atom. The van der Waals surface area contributed by atoms with Crippen molar-refractivity contribution in [2.75, 3.05) is 5.32 Å². The molecule has 0 aliphatic rings. The zero-order chi connectivity index (χ0) is 16.2. The highest BCUT2D eigenvalue weighted by molar-refractivity contribution is 9.11. The molecule has 3 aromatic rings. The minimum atomic E-state index is -0.163. The number of aromatic nitrogens is 2. The summed E-state index contributed by atoms with van der Waals surface area (Å²) in [5, 5.41) is 10.7. The van der Waals surface area contributed by atoms with Crippen LogP contribution < -0.4 is 10.1 Å². The predicted octanol–water partition coefficient (Wildman–Crippen LogP) is 4.10. The largest absolute Gasteiger partial charge is 0.482 e. The van der Waals surface area contributed by atoms with E-state index in [4.69, 9.17) is 9.15 Å². The molecule has 2 heterocycles. The summed E-state index contributed by atoms with van der Waals surface area (Å²) in [5.41, 5.74) is 0.599. The Balaban J connectivity index is 1.70. The van der Waals surface area contributed by atoms with Gasteiger partial charge >= 0.3 is 0 Å². The van der Waals surface area contributed by atoms with E-state index in [1.807, 2.05) is 24.3 Å². The van der Waals surface area contributed by atoms with Gasteiger partial charge in [-0.3, -0.25) is 4.79 Å². The number of nitrogens with zero attached hydrogens (tertiary/aromatic N) is 2. The standard InChI is InChI=1S/C15H12BrN3O3S/c1-9(20)17-10-4-2-3-5-11(10)21-8-14-18-19-15(22-14)12-6-7-13(16)23-12/h2-7H,8H2,1H3,(H,17,20). The lowest BCUT2D eigenvalue weighted by atomic mass is 10.3. The fourth-order valence-corrected chi connectivity index (χ4v) is 3.17. The number of carbonyl (C=O) groups excluding carboxylic acids is 1. The van der Waals surface area contributed by atoms with Crippen molar-refractivity contribution in [3.05, 3.63) is 46.1 Å². The van der Waals surface area contributed by atoms with Gasteiger partial charge in [-0.1, -0.05) is 12.1 Å². The van der Waals surface area contributed by atoms with E-state index in [0.29, 0.717) is 23.2 Å². The fraction of sp³-hybridized carbons (Fsp3) is 0.133. The molecule has 0 radical (unpaired) electrons. The zero-order valence-electron chi connectivity index (χ0n) is 12.1. The smallest absolute Gasteiger partial charge is 0.257 e. The molecular weight excluding hydrogens is 382 g/mol. The highest BCUT2D eigenvalue weighted by Crippen LogP contribution is 2.30. The van der Waals surface area contributed by atoms with Crippen LogP contribution in [0.5, 0.6) is 5.75 Å². The molecule has 0 bridgehead atoms. The van der Waals surface area contributed by atoms with Crippen LogP contribution in [-0.4, -0.2) is 16.1 Å². The number of anilines is 1. The van der Waals surface area contributed by atoms with Crippen LogP contribution in [0.2, 0.25) is 0 Å². The lowest BCUT2D eigenvalue weighted by molar-refractivity contribution is -0.114. The van der Waals surface area contributed by atoms with Crippen LogP contribution in [0.4, 0.5) is 5.69 Å². The van der Waals surface area contributed by atoms with Gasteiger partial charge in [0.1, 0.15) is 5.75 Å². The van der Waals surface area contributed by atoms with Crippen LogP contribution >= 0.6 is 27.3 Å². The van der Waals surface area contributed by atoms with Crippen molar-refractivity contribution in [3.63, 3.8) is 0 Å². The number of ether oxygens (including phenoxy) is 1. The first-order valence-corrected chi connectivity index (χ1v) is 8.30. The van der Waals surface area contributed by atoms with Crippen LogP contribution in [0.25, 0.3) is 10.8 Å². The summed E-state index contributed by atoms with van der Waals surface area (Å²) in [5.74, 6) is 1.20. The fourth-order valence-electron chi connectivity index (χ4n) is 1.87. The molecule has 0 saturated heterocycles. The lowest BCUT2D eigenvalue weighted by Gasteiger charge is -2.09. The van der Waals surface area contributed by atoms with E-state index >= 15 is 0 Å². The molecule has 8 heteroatoms. The molecule has 2 aromatic heterocycles. The number of rotatable bonds is 5. The van der Waals surface area contributed by atoms with E-state index in [9.17, 15) is 4.79 Å². The SMILES string of the molecule is CC(=O)Nc1ccccc1OCc1nnc(-c2ccc(Br)s2)o1. The normalized spacial score (nSPS) is 10.5. The molecular formula is C15H12BrN3O3S. The Hall–Kier alpha value is -2.19. The second-order valence-electron chi connectivity index (χ2n) is 4.57. The van der Waals surface area contributed by atoms with Gasteiger partial charge in [-0.25, -0.2) is 0 Å². The molecule has 0 saturated carbocycles. The summed E-state index contributed by atoms with van der Waals surface area (Å²) in [7, 11) is 0. The molecule has 0 fully saturated rings. The molecule has 1 aromatic carbocycles. The first-order valence-electron chi connectivity index (χ1n) is 6.69. The van der Waals surface area contributed by atoms with Crippen molar-refractivity contribution >= 4 is 38.9 Å². The summed E-state index contributed by atoms with van der Waals surface area (Å²) in [4.78, 5) is 12.1. The molecule has 0 atom stereocenters. The van der Waals surface area contributed by atoms with Crippen molar-refractivity contribution < 1.29 is 13.9 Å². The van der Waals surface area contributed by atoms with E-state index in [0.717, 1.165) is 8.66 Å². The zero-order valence-corrected chi connectivity index (χ0v) is 14.5. The second-order valence-corrected chi connectivity index (χ2v) is 7.03. The third-order valence-electron chi connectivity index (χ3n) is 2.80. The van der Waals surface area contributed by atoms with Crippen LogP contribution in [0.1, 0.15) is 12.8 Å². The Morgan fingerprint density at radius 1 is 1.30 bits per heavy atom. The Kier molecular flexibility index (Phi) is 4.73. The number of nitrogens with one attached hydrogen (secondary N) is 1. The molecule has 23 heavy (non-hydrogen) atoms. The number of carbonyl (C=O) groups is 1. The van der Waals surface area contributed by atoms with E-state index in [2.05, 4.69) is 31.4 Å². The summed E-state index contributed by atoms with van der Waals surface area (Å²) in [6.45, 7) is 1.57. The van der Waals surface area contributed by atoms with E-state index < -0.39 is 0 Å². The van der Waals surface area contributed by atoms with Gasteiger partial charge in [0.2, 0.25) is 5.91 Å². The van der Waals surface area contributed by atoms with Gasteiger partial charge in [0, 0.05) is 6.92 Å². The summed E-state index contributed by atoms with van der Waals surface area (Å²) in [6.07, 6.45) is 0. The van der Waals surface area contributed by atoms with Crippen molar-refractivity contribution in [3.8, 4) is 16.5 Å². The highest BCUT2D eigenvalue weighted by atomic mass is 79.9. The maximum absolute atomic E-state index is 11.2. The Bertz CT molecular complexity index is 831. The van der Waals surface area contributed by atoms with Crippen LogP contribution in [0.15, 0.2) is 44.6 Å². The number of hydrogen-bond acceptors (Lipinski definition) is 6. The van der Waals surface area contributed by atoms with Gasteiger partial charge in [0.25, 0.3) is 11.8 Å². The molecule has 0 spiro atoms. The number of hydrogen-bond donors (Lipinski definition) is 1. The number of para-hydroxylation sites is 2. The number of amides is 1. The Labute approximate surface area is 144 Å². The summed E-state index contributed by atoms with van der Waals surface area (Å²) < 4.78 is 12.2. The first-order chi connectivity index (χ1) is 11.1. The molecule has 0 aliphatic heterocycles. The Morgan fingerprint density at radius 3 is 2.87 bits per heavy atom. The maximum atomic E-state index is 11.2. The summed E-state index contributed by atoms with van der Waals surface area (Å²) in [6, 6.07) is 11.0. The predicted molar refractivity (Wildman–Crippen MR) is 90.4 cm³/mol. The highest BCUT2D eigenvalue weighted by Gasteiger charge is 2.12. The van der Waals surface area contributed by atoms with Gasteiger partial charge in [-0.15, -0.1) is 21.5 Å². The number of halogens is 1. The van der Waals surface area contributed by atoms with Crippen LogP contribution in [0, 0.1) is 0 Å². The minimum Gasteiger partial charge on any atom is -0.482 e. The average Bonchev–Trinajstić information content (AvgIpc) is 3.14. The molecule has 1 N–H and O–H groups in total. The van der Waals surface area contributed by atoms with Gasteiger partial charge in [-0.05, 0) is 40.2 Å². The van der Waals surface area contributed by atoms with Gasteiger partial charge < -0.3 is 14.5 Å². The molecule has 1 amide bonds. The first kappa shape index (κ1) is 15.7. The van der Waals surface area contributed by atoms with Crippen LogP contribution in [-0.2, 0) is 11.4 Å². The van der Waals surface area contributed by atoms with Crippen molar-refractivity contribution in [2.24, 2.45) is 0 Å². The van der Waals surface area contributed by atoms with Gasteiger partial charge in [-0.2, -0.15) is 0 Å². The van der Waals surface area contributed by atoms with Crippen LogP contribution in [0.3, 0.4) is 0 Å². The molecule has 0 unspecified atom stereocenters.